The van der Waals surface area contributed by atoms with E-state index in [0.717, 1.165) is 24.8 Å². The fourth-order valence-electron chi connectivity index (χ4n) is 3.92. The van der Waals surface area contributed by atoms with Gasteiger partial charge in [0.1, 0.15) is 5.82 Å². The van der Waals surface area contributed by atoms with Gasteiger partial charge in [-0.15, -0.1) is 0 Å². The smallest absolute Gasteiger partial charge is 0.308 e. The highest BCUT2D eigenvalue weighted by Gasteiger charge is 2.50. The first-order valence-corrected chi connectivity index (χ1v) is 7.27. The molecule has 20 heavy (non-hydrogen) atoms. The van der Waals surface area contributed by atoms with Crippen LogP contribution < -0.4 is 5.32 Å². The fraction of sp³-hybridized carbons (Fsp3) is 0.562. The summed E-state index contributed by atoms with van der Waals surface area (Å²) in [5, 5.41) is 12.7. The Labute approximate surface area is 118 Å². The van der Waals surface area contributed by atoms with Crippen LogP contribution in [0, 0.1) is 30.5 Å². The van der Waals surface area contributed by atoms with Gasteiger partial charge in [0, 0.05) is 12.6 Å². The summed E-state index contributed by atoms with van der Waals surface area (Å²) in [6.45, 7) is 2.28. The first kappa shape index (κ1) is 13.6. The highest BCUT2D eigenvalue weighted by atomic mass is 19.1. The van der Waals surface area contributed by atoms with Crippen molar-refractivity contribution in [1.29, 1.82) is 0 Å². The van der Waals surface area contributed by atoms with Crippen LogP contribution in [-0.2, 0) is 11.3 Å². The third-order valence-corrected chi connectivity index (χ3v) is 4.98. The number of carbonyl (C=O) groups is 1. The zero-order valence-electron chi connectivity index (χ0n) is 11.6. The number of fused-ring (bicyclic) bond motifs is 2. The van der Waals surface area contributed by atoms with Crippen molar-refractivity contribution in [2.75, 3.05) is 0 Å². The molecule has 0 aromatic heterocycles. The molecule has 3 nitrogen and oxygen atoms in total. The Morgan fingerprint density at radius 1 is 1.40 bits per heavy atom. The van der Waals surface area contributed by atoms with E-state index >= 15 is 0 Å². The van der Waals surface area contributed by atoms with Gasteiger partial charge in [0.05, 0.1) is 5.92 Å². The Morgan fingerprint density at radius 3 is 2.85 bits per heavy atom. The van der Waals surface area contributed by atoms with Crippen molar-refractivity contribution in [3.63, 3.8) is 0 Å². The van der Waals surface area contributed by atoms with Crippen molar-refractivity contribution in [2.45, 2.75) is 38.8 Å². The third-order valence-electron chi connectivity index (χ3n) is 4.98. The Hall–Kier alpha value is -1.42. The van der Waals surface area contributed by atoms with E-state index in [1.54, 1.807) is 13.0 Å². The van der Waals surface area contributed by atoms with Gasteiger partial charge >= 0.3 is 5.97 Å². The van der Waals surface area contributed by atoms with E-state index in [9.17, 15) is 14.3 Å². The molecule has 2 aliphatic carbocycles. The minimum absolute atomic E-state index is 0.0376. The number of aliphatic carboxylic acids is 1. The van der Waals surface area contributed by atoms with Crippen LogP contribution in [0.5, 0.6) is 0 Å². The lowest BCUT2D eigenvalue weighted by Gasteiger charge is -2.29. The van der Waals surface area contributed by atoms with E-state index in [1.807, 2.05) is 6.07 Å². The van der Waals surface area contributed by atoms with Crippen molar-refractivity contribution >= 4 is 5.97 Å². The molecule has 4 heteroatoms. The number of benzene rings is 1. The Morgan fingerprint density at radius 2 is 2.15 bits per heavy atom. The normalized spacial score (nSPS) is 31.7. The number of halogens is 1. The van der Waals surface area contributed by atoms with Crippen molar-refractivity contribution in [3.8, 4) is 0 Å². The minimum atomic E-state index is -0.690. The summed E-state index contributed by atoms with van der Waals surface area (Å²) in [4.78, 5) is 11.4. The number of rotatable bonds is 4. The Balaban J connectivity index is 1.68. The fourth-order valence-corrected chi connectivity index (χ4v) is 3.92. The maximum Gasteiger partial charge on any atom is 0.308 e. The summed E-state index contributed by atoms with van der Waals surface area (Å²) in [7, 11) is 0. The van der Waals surface area contributed by atoms with E-state index < -0.39 is 5.97 Å². The number of hydrogen-bond acceptors (Lipinski definition) is 2. The number of carboxylic acid groups (broad SMARTS) is 1. The molecule has 108 valence electrons. The van der Waals surface area contributed by atoms with Gasteiger partial charge in [-0.3, -0.25) is 4.79 Å². The second kappa shape index (κ2) is 5.17. The van der Waals surface area contributed by atoms with E-state index in [4.69, 9.17) is 0 Å². The average Bonchev–Trinajstić information content (AvgIpc) is 3.00. The van der Waals surface area contributed by atoms with Crippen LogP contribution in [0.4, 0.5) is 4.39 Å². The molecule has 0 amide bonds. The molecule has 0 spiro atoms. The van der Waals surface area contributed by atoms with Gasteiger partial charge in [-0.2, -0.15) is 0 Å². The van der Waals surface area contributed by atoms with Crippen molar-refractivity contribution in [2.24, 2.45) is 17.8 Å². The number of hydrogen-bond donors (Lipinski definition) is 2. The standard InChI is InChI=1S/C16H20FNO2/c1-9-2-3-10(6-13(9)17)8-18-15-12-5-4-11(7-12)14(15)16(19)20/h2-3,6,11-12,14-15,18H,4-5,7-8H2,1H3,(H,19,20). The topological polar surface area (TPSA) is 49.3 Å². The van der Waals surface area contributed by atoms with Gasteiger partial charge in [-0.05, 0) is 55.2 Å². The molecular formula is C16H20FNO2. The number of aryl methyl sites for hydroxylation is 1. The lowest BCUT2D eigenvalue weighted by atomic mass is 9.84. The zero-order chi connectivity index (χ0) is 14.3. The van der Waals surface area contributed by atoms with E-state index in [0.29, 0.717) is 23.9 Å². The summed E-state index contributed by atoms with van der Waals surface area (Å²) in [6.07, 6.45) is 3.18. The monoisotopic (exact) mass is 277 g/mol. The summed E-state index contributed by atoms with van der Waals surface area (Å²) >= 11 is 0. The van der Waals surface area contributed by atoms with Gasteiger partial charge in [0.25, 0.3) is 0 Å². The van der Waals surface area contributed by atoms with Crippen LogP contribution in [0.25, 0.3) is 0 Å². The molecule has 2 fully saturated rings. The minimum Gasteiger partial charge on any atom is -0.481 e. The van der Waals surface area contributed by atoms with Crippen LogP contribution in [0.15, 0.2) is 18.2 Å². The molecule has 2 bridgehead atoms. The second-order valence-corrected chi connectivity index (χ2v) is 6.19. The molecule has 2 aliphatic rings. The van der Waals surface area contributed by atoms with Gasteiger partial charge in [0.15, 0.2) is 0 Å². The molecule has 3 rings (SSSR count). The number of carboxylic acids is 1. The Bertz CT molecular complexity index is 531. The van der Waals surface area contributed by atoms with Gasteiger partial charge in [-0.25, -0.2) is 4.39 Å². The predicted molar refractivity (Wildman–Crippen MR) is 73.7 cm³/mol. The lowest BCUT2D eigenvalue weighted by molar-refractivity contribution is -0.144. The van der Waals surface area contributed by atoms with E-state index in [2.05, 4.69) is 5.32 Å². The summed E-state index contributed by atoms with van der Waals surface area (Å²) in [5.41, 5.74) is 1.51. The molecule has 0 aliphatic heterocycles. The van der Waals surface area contributed by atoms with Gasteiger partial charge in [0.2, 0.25) is 0 Å². The molecular weight excluding hydrogens is 257 g/mol. The molecule has 1 aromatic carbocycles. The van der Waals surface area contributed by atoms with Gasteiger partial charge < -0.3 is 10.4 Å². The van der Waals surface area contributed by atoms with Crippen molar-refractivity contribution < 1.29 is 14.3 Å². The molecule has 0 saturated heterocycles. The molecule has 0 heterocycles. The molecule has 4 atom stereocenters. The Kier molecular flexibility index (Phi) is 3.50. The first-order chi connectivity index (χ1) is 9.56. The van der Waals surface area contributed by atoms with Gasteiger partial charge in [-0.1, -0.05) is 12.1 Å². The predicted octanol–water partition coefficient (Wildman–Crippen LogP) is 2.72. The zero-order valence-corrected chi connectivity index (χ0v) is 11.6. The maximum absolute atomic E-state index is 13.5. The van der Waals surface area contributed by atoms with E-state index in [1.165, 1.54) is 6.07 Å². The maximum atomic E-state index is 13.5. The molecule has 1 aromatic rings. The molecule has 0 radical (unpaired) electrons. The summed E-state index contributed by atoms with van der Waals surface area (Å²) in [5.74, 6) is -0.373. The van der Waals surface area contributed by atoms with Crippen LogP contribution in [0.2, 0.25) is 0 Å². The average molecular weight is 277 g/mol. The van der Waals surface area contributed by atoms with Crippen LogP contribution >= 0.6 is 0 Å². The third kappa shape index (κ3) is 2.33. The molecule has 2 saturated carbocycles. The molecule has 2 N–H and O–H groups in total. The SMILES string of the molecule is Cc1ccc(CNC2C3CCC(C3)C2C(=O)O)cc1F. The summed E-state index contributed by atoms with van der Waals surface area (Å²) in [6, 6.07) is 5.23. The van der Waals surface area contributed by atoms with Crippen molar-refractivity contribution in [1.82, 2.24) is 5.32 Å². The number of nitrogens with one attached hydrogen (secondary N) is 1. The van der Waals surface area contributed by atoms with Crippen LogP contribution in [-0.4, -0.2) is 17.1 Å². The first-order valence-electron chi connectivity index (χ1n) is 7.27. The largest absolute Gasteiger partial charge is 0.481 e. The van der Waals surface area contributed by atoms with Crippen LogP contribution in [0.3, 0.4) is 0 Å². The highest BCUT2D eigenvalue weighted by Crippen LogP contribution is 2.48. The van der Waals surface area contributed by atoms with Crippen LogP contribution in [0.1, 0.15) is 30.4 Å². The summed E-state index contributed by atoms with van der Waals surface area (Å²) < 4.78 is 13.5. The molecule has 4 unspecified atom stereocenters. The highest BCUT2D eigenvalue weighted by molar-refractivity contribution is 5.72. The second-order valence-electron chi connectivity index (χ2n) is 6.19. The van der Waals surface area contributed by atoms with Crippen molar-refractivity contribution in [3.05, 3.63) is 35.1 Å². The lowest BCUT2D eigenvalue weighted by Crippen LogP contribution is -2.43. The quantitative estimate of drug-likeness (QED) is 0.889. The van der Waals surface area contributed by atoms with E-state index in [-0.39, 0.29) is 17.8 Å².